The Morgan fingerprint density at radius 1 is 1.00 bits per heavy atom. The summed E-state index contributed by atoms with van der Waals surface area (Å²) >= 11 is 10.5. The number of fused-ring (bicyclic) bond motifs is 3. The van der Waals surface area contributed by atoms with E-state index < -0.39 is 11.7 Å². The molecule has 0 N–H and O–H groups in total. The van der Waals surface area contributed by atoms with E-state index in [1.807, 2.05) is 18.2 Å². The van der Waals surface area contributed by atoms with Crippen LogP contribution in [0.1, 0.15) is 5.56 Å². The Morgan fingerprint density at radius 2 is 1.68 bits per heavy atom. The molecular weight excluding hydrogens is 361 g/mol. The van der Waals surface area contributed by atoms with Crippen LogP contribution in [-0.4, -0.2) is 0 Å². The topological polar surface area (TPSA) is 0 Å². The first-order valence-corrected chi connectivity index (χ1v) is 7.23. The number of rotatable bonds is 0. The minimum atomic E-state index is -4.44. The van der Waals surface area contributed by atoms with Gasteiger partial charge in [-0.25, -0.2) is 0 Å². The van der Waals surface area contributed by atoms with Crippen molar-refractivity contribution in [1.82, 2.24) is 0 Å². The van der Waals surface area contributed by atoms with E-state index in [-0.39, 0.29) is 5.02 Å². The molecule has 0 bridgehead atoms. The lowest BCUT2D eigenvalue weighted by atomic mass is 10.1. The molecule has 3 aromatic rings. The molecule has 1 heterocycles. The van der Waals surface area contributed by atoms with Crippen LogP contribution in [0.4, 0.5) is 13.2 Å². The zero-order valence-corrected chi connectivity index (χ0v) is 12.3. The average molecular weight is 366 g/mol. The Balaban J connectivity index is 2.41. The van der Waals surface area contributed by atoms with Gasteiger partial charge in [0.2, 0.25) is 0 Å². The van der Waals surface area contributed by atoms with Crippen molar-refractivity contribution in [1.29, 1.82) is 0 Å². The minimum absolute atomic E-state index is 0.259. The van der Waals surface area contributed by atoms with Crippen molar-refractivity contribution in [3.63, 3.8) is 0 Å². The molecular formula is C13H5BrClF3S. The van der Waals surface area contributed by atoms with Gasteiger partial charge in [0, 0.05) is 24.6 Å². The van der Waals surface area contributed by atoms with Crippen LogP contribution in [0.15, 0.2) is 34.8 Å². The van der Waals surface area contributed by atoms with Gasteiger partial charge in [-0.15, -0.1) is 11.3 Å². The average Bonchev–Trinajstić information content (AvgIpc) is 2.62. The van der Waals surface area contributed by atoms with E-state index in [4.69, 9.17) is 11.6 Å². The monoisotopic (exact) mass is 364 g/mol. The van der Waals surface area contributed by atoms with E-state index in [2.05, 4.69) is 15.9 Å². The van der Waals surface area contributed by atoms with Crippen LogP contribution in [0.5, 0.6) is 0 Å². The van der Waals surface area contributed by atoms with Gasteiger partial charge >= 0.3 is 6.18 Å². The normalized spacial score (nSPS) is 12.5. The highest BCUT2D eigenvalue weighted by molar-refractivity contribution is 9.10. The number of hydrogen-bond acceptors (Lipinski definition) is 1. The van der Waals surface area contributed by atoms with E-state index in [1.54, 1.807) is 0 Å². The highest BCUT2D eigenvalue weighted by Crippen LogP contribution is 2.42. The first-order valence-electron chi connectivity index (χ1n) is 5.25. The summed E-state index contributed by atoms with van der Waals surface area (Å²) in [6.45, 7) is 0. The Labute approximate surface area is 123 Å². The molecule has 3 rings (SSSR count). The van der Waals surface area contributed by atoms with E-state index in [0.29, 0.717) is 5.39 Å². The maximum atomic E-state index is 12.9. The fraction of sp³-hybridized carbons (Fsp3) is 0.0769. The Hall–Kier alpha value is -0.780. The van der Waals surface area contributed by atoms with E-state index in [1.165, 1.54) is 17.4 Å². The lowest BCUT2D eigenvalue weighted by Gasteiger charge is -2.08. The van der Waals surface area contributed by atoms with Crippen molar-refractivity contribution in [2.45, 2.75) is 6.18 Å². The molecule has 0 aliphatic heterocycles. The number of thiophene rings is 1. The second kappa shape index (κ2) is 4.36. The molecule has 0 nitrogen and oxygen atoms in total. The van der Waals surface area contributed by atoms with Gasteiger partial charge in [0.25, 0.3) is 0 Å². The quantitative estimate of drug-likeness (QED) is 0.427. The van der Waals surface area contributed by atoms with Crippen LogP contribution in [0.2, 0.25) is 5.02 Å². The second-order valence-corrected chi connectivity index (χ2v) is 6.48. The molecule has 0 fully saturated rings. The van der Waals surface area contributed by atoms with Crippen molar-refractivity contribution in [3.05, 3.63) is 45.4 Å². The molecule has 0 amide bonds. The van der Waals surface area contributed by atoms with Crippen LogP contribution >= 0.6 is 38.9 Å². The Kier molecular flexibility index (Phi) is 3.04. The maximum Gasteiger partial charge on any atom is 0.417 e. The first-order chi connectivity index (χ1) is 8.86. The lowest BCUT2D eigenvalue weighted by molar-refractivity contribution is -0.137. The Bertz CT molecular complexity index is 792. The van der Waals surface area contributed by atoms with Gasteiger partial charge in [0.05, 0.1) is 10.6 Å². The predicted molar refractivity (Wildman–Crippen MR) is 77.0 cm³/mol. The van der Waals surface area contributed by atoms with Crippen molar-refractivity contribution in [3.8, 4) is 0 Å². The summed E-state index contributed by atoms with van der Waals surface area (Å²) in [6.07, 6.45) is -4.44. The van der Waals surface area contributed by atoms with Gasteiger partial charge in [-0.1, -0.05) is 33.6 Å². The third kappa shape index (κ3) is 2.24. The number of hydrogen-bond donors (Lipinski definition) is 0. The summed E-state index contributed by atoms with van der Waals surface area (Å²) in [4.78, 5) is 0. The third-order valence-electron chi connectivity index (χ3n) is 2.83. The molecule has 6 heteroatoms. The summed E-state index contributed by atoms with van der Waals surface area (Å²) in [5.41, 5.74) is -0.788. The highest BCUT2D eigenvalue weighted by atomic mass is 79.9. The van der Waals surface area contributed by atoms with Crippen LogP contribution < -0.4 is 0 Å². The van der Waals surface area contributed by atoms with Crippen LogP contribution in [-0.2, 0) is 6.18 Å². The molecule has 0 saturated heterocycles. The lowest BCUT2D eigenvalue weighted by Crippen LogP contribution is -2.05. The smallest absolute Gasteiger partial charge is 0.166 e. The number of alkyl halides is 3. The second-order valence-electron chi connectivity index (χ2n) is 4.07. The Morgan fingerprint density at radius 3 is 2.37 bits per heavy atom. The summed E-state index contributed by atoms with van der Waals surface area (Å²) in [7, 11) is 0. The molecule has 0 unspecified atom stereocenters. The summed E-state index contributed by atoms with van der Waals surface area (Å²) in [5, 5.41) is 1.14. The molecule has 0 atom stereocenters. The molecule has 0 radical (unpaired) electrons. The van der Waals surface area contributed by atoms with Gasteiger partial charge in [-0.3, -0.25) is 0 Å². The first kappa shape index (κ1) is 13.2. The molecule has 0 aliphatic carbocycles. The molecule has 0 saturated carbocycles. The number of benzene rings is 2. The van der Waals surface area contributed by atoms with E-state index in [9.17, 15) is 13.2 Å². The molecule has 98 valence electrons. The van der Waals surface area contributed by atoms with E-state index >= 15 is 0 Å². The zero-order chi connectivity index (χ0) is 13.8. The van der Waals surface area contributed by atoms with Crippen LogP contribution in [0.3, 0.4) is 0 Å². The van der Waals surface area contributed by atoms with Crippen molar-refractivity contribution in [2.75, 3.05) is 0 Å². The van der Waals surface area contributed by atoms with Crippen molar-refractivity contribution >= 4 is 59.0 Å². The largest absolute Gasteiger partial charge is 0.417 e. The predicted octanol–water partition coefficient (Wildman–Crippen LogP) is 6.49. The summed E-state index contributed by atoms with van der Waals surface area (Å²) in [5.74, 6) is 0. The fourth-order valence-electron chi connectivity index (χ4n) is 1.99. The SMILES string of the molecule is FC(F)(F)c1cc2c(cc1Cl)sc1cc(Br)ccc12. The van der Waals surface area contributed by atoms with Gasteiger partial charge < -0.3 is 0 Å². The third-order valence-corrected chi connectivity index (χ3v) is 4.75. The van der Waals surface area contributed by atoms with Gasteiger partial charge in [-0.05, 0) is 24.3 Å². The molecule has 19 heavy (non-hydrogen) atoms. The van der Waals surface area contributed by atoms with E-state index in [0.717, 1.165) is 25.3 Å². The van der Waals surface area contributed by atoms with Gasteiger partial charge in [0.1, 0.15) is 0 Å². The molecule has 1 aromatic heterocycles. The number of halogens is 5. The minimum Gasteiger partial charge on any atom is -0.166 e. The van der Waals surface area contributed by atoms with Crippen LogP contribution in [0.25, 0.3) is 20.2 Å². The fourth-order valence-corrected chi connectivity index (χ4v) is 4.00. The zero-order valence-electron chi connectivity index (χ0n) is 9.18. The standard InChI is InChI=1S/C13H5BrClF3S/c14-6-1-2-7-8-4-9(13(16,17)18)10(15)5-12(8)19-11(7)3-6/h1-5H. The summed E-state index contributed by atoms with van der Waals surface area (Å²) in [6, 6.07) is 8.03. The molecule has 0 spiro atoms. The molecule has 2 aromatic carbocycles. The van der Waals surface area contributed by atoms with Gasteiger partial charge in [0.15, 0.2) is 0 Å². The van der Waals surface area contributed by atoms with Crippen molar-refractivity contribution in [2.24, 2.45) is 0 Å². The maximum absolute atomic E-state index is 12.9. The molecule has 0 aliphatic rings. The summed E-state index contributed by atoms with van der Waals surface area (Å²) < 4.78 is 41.2. The highest BCUT2D eigenvalue weighted by Gasteiger charge is 2.33. The van der Waals surface area contributed by atoms with Gasteiger partial charge in [-0.2, -0.15) is 13.2 Å². The van der Waals surface area contributed by atoms with Crippen LogP contribution in [0, 0.1) is 0 Å². The van der Waals surface area contributed by atoms with Crippen molar-refractivity contribution < 1.29 is 13.2 Å².